The van der Waals surface area contributed by atoms with Gasteiger partial charge in [-0.1, -0.05) is 0 Å². The van der Waals surface area contributed by atoms with Crippen LogP contribution in [0.25, 0.3) is 10.4 Å². The maximum absolute atomic E-state index is 9.59. The summed E-state index contributed by atoms with van der Waals surface area (Å²) in [5, 5.41) is 13.1. The molecule has 3 aromatic rings. The van der Waals surface area contributed by atoms with Crippen molar-refractivity contribution in [2.45, 2.75) is 33.4 Å². The fourth-order valence-electron chi connectivity index (χ4n) is 3.34. The Kier molecular flexibility index (Phi) is 8.25. The Morgan fingerprint density at radius 1 is 1.03 bits per heavy atom. The van der Waals surface area contributed by atoms with Crippen molar-refractivity contribution in [2.24, 2.45) is 0 Å². The van der Waals surface area contributed by atoms with E-state index in [1.165, 1.54) is 0 Å². The number of thiophene rings is 1. The number of anilines is 1. The molecule has 31 heavy (non-hydrogen) atoms. The van der Waals surface area contributed by atoms with Gasteiger partial charge in [-0.25, -0.2) is 0 Å². The summed E-state index contributed by atoms with van der Waals surface area (Å²) < 4.78 is 12.2. The highest BCUT2D eigenvalue weighted by molar-refractivity contribution is 8.10. The molecule has 166 valence electrons. The molecule has 0 spiro atoms. The molecule has 0 saturated carbocycles. The van der Waals surface area contributed by atoms with E-state index >= 15 is 0 Å². The smallest absolute Gasteiger partial charge is 0.198 e. The number of hydrogen-bond donors (Lipinski definition) is 2. The van der Waals surface area contributed by atoms with E-state index in [0.717, 1.165) is 32.4 Å². The number of nitrogens with one attached hydrogen (secondary N) is 1. The number of pyridine rings is 1. The second-order valence-corrected chi connectivity index (χ2v) is 12.0. The van der Waals surface area contributed by atoms with Crippen LogP contribution in [-0.4, -0.2) is 29.8 Å². The van der Waals surface area contributed by atoms with E-state index in [4.69, 9.17) is 20.9 Å². The van der Waals surface area contributed by atoms with Gasteiger partial charge in [0.1, 0.15) is 5.75 Å². The molecule has 0 radical (unpaired) electrons. The Hall–Kier alpha value is -1.76. The van der Waals surface area contributed by atoms with Gasteiger partial charge >= 0.3 is 0 Å². The number of aromatic nitrogens is 1. The largest absolute Gasteiger partial charge is 0.508 e. The Morgan fingerprint density at radius 3 is 2.32 bits per heavy atom. The van der Waals surface area contributed by atoms with Crippen molar-refractivity contribution in [3.63, 3.8) is 0 Å². The summed E-state index contributed by atoms with van der Waals surface area (Å²) in [5.74, 6) is 0.257. The number of phenols is 1. The van der Waals surface area contributed by atoms with Crippen LogP contribution in [0, 0.1) is 13.8 Å². The zero-order valence-corrected chi connectivity index (χ0v) is 20.8. The molecule has 0 amide bonds. The molecule has 8 heteroatoms. The third-order valence-corrected chi connectivity index (χ3v) is 10.1. The van der Waals surface area contributed by atoms with Crippen molar-refractivity contribution in [1.29, 1.82) is 0 Å². The number of benzene rings is 1. The molecular weight excluding hydrogens is 447 g/mol. The Morgan fingerprint density at radius 2 is 1.71 bits per heavy atom. The molecule has 0 aliphatic heterocycles. The van der Waals surface area contributed by atoms with Gasteiger partial charge in [-0.15, -0.1) is 11.3 Å². The summed E-state index contributed by atoms with van der Waals surface area (Å²) in [5.41, 5.74) is 3.89. The zero-order valence-electron chi connectivity index (χ0n) is 18.3. The van der Waals surface area contributed by atoms with Gasteiger partial charge < -0.3 is 19.5 Å². The van der Waals surface area contributed by atoms with Crippen molar-refractivity contribution in [2.75, 3.05) is 25.1 Å². The lowest BCUT2D eigenvalue weighted by molar-refractivity contribution is 0.260. The average molecular weight is 477 g/mol. The van der Waals surface area contributed by atoms with Crippen molar-refractivity contribution >= 4 is 35.3 Å². The molecule has 0 fully saturated rings. The monoisotopic (exact) mass is 476 g/mol. The first-order chi connectivity index (χ1) is 14.9. The maximum Gasteiger partial charge on any atom is 0.198 e. The van der Waals surface area contributed by atoms with Gasteiger partial charge in [0.2, 0.25) is 0 Å². The minimum atomic E-state index is -2.58. The van der Waals surface area contributed by atoms with Crippen LogP contribution in [0.5, 0.6) is 5.75 Å². The fraction of sp³-hybridized carbons (Fsp3) is 0.348. The summed E-state index contributed by atoms with van der Waals surface area (Å²) in [6, 6.07) is 15.5. The number of aryl methyl sites for hydroxylation is 2. The lowest BCUT2D eigenvalue weighted by atomic mass is 10.2. The van der Waals surface area contributed by atoms with E-state index < -0.39 is 6.49 Å². The molecule has 2 aromatic heterocycles. The number of nitrogens with zero attached hydrogens (tertiary/aromatic N) is 1. The third kappa shape index (κ3) is 5.93. The molecule has 0 aliphatic carbocycles. The molecule has 0 saturated heterocycles. The normalized spacial score (nSPS) is 12.6. The molecule has 2 N–H and O–H groups in total. The third-order valence-electron chi connectivity index (χ3n) is 4.82. The van der Waals surface area contributed by atoms with Crippen LogP contribution in [0.3, 0.4) is 0 Å². The molecule has 0 aliphatic rings. The van der Waals surface area contributed by atoms with Gasteiger partial charge in [0, 0.05) is 22.0 Å². The highest BCUT2D eigenvalue weighted by Gasteiger charge is 2.33. The van der Waals surface area contributed by atoms with Crippen LogP contribution in [-0.2, 0) is 20.9 Å². The first-order valence-corrected chi connectivity index (χ1v) is 13.8. The van der Waals surface area contributed by atoms with Crippen LogP contribution in [0.1, 0.15) is 35.8 Å². The number of hydrogen-bond acceptors (Lipinski definition) is 7. The SMILES string of the molecule is CCOP(=S)(OCC)C(CNc1ccc(C)nc1C)c1ccc(-c2ccc(O)cc2)s1. The fourth-order valence-corrected chi connectivity index (χ4v) is 8.18. The Bertz CT molecular complexity index is 1040. The van der Waals surface area contributed by atoms with Gasteiger partial charge in [0.05, 0.1) is 30.3 Å². The van der Waals surface area contributed by atoms with Crippen LogP contribution in [0.4, 0.5) is 5.69 Å². The van der Waals surface area contributed by atoms with E-state index in [0.29, 0.717) is 19.8 Å². The van der Waals surface area contributed by atoms with E-state index in [1.54, 1.807) is 23.5 Å². The molecule has 1 aromatic carbocycles. The highest BCUT2D eigenvalue weighted by Crippen LogP contribution is 2.62. The first kappa shape index (κ1) is 23.9. The van der Waals surface area contributed by atoms with Gasteiger partial charge in [0.25, 0.3) is 0 Å². The van der Waals surface area contributed by atoms with Crippen LogP contribution in [0.15, 0.2) is 48.5 Å². The second kappa shape index (κ2) is 10.7. The Labute approximate surface area is 193 Å². The molecule has 3 rings (SSSR count). The van der Waals surface area contributed by atoms with Crippen molar-refractivity contribution in [1.82, 2.24) is 4.98 Å². The van der Waals surface area contributed by atoms with Crippen molar-refractivity contribution in [3.05, 3.63) is 64.8 Å². The van der Waals surface area contributed by atoms with E-state index in [9.17, 15) is 5.11 Å². The quantitative estimate of drug-likeness (QED) is 0.319. The lowest BCUT2D eigenvalue weighted by Gasteiger charge is -2.30. The van der Waals surface area contributed by atoms with Gasteiger partial charge in [-0.05, 0) is 93.6 Å². The van der Waals surface area contributed by atoms with Crippen LogP contribution < -0.4 is 5.32 Å². The molecule has 5 nitrogen and oxygen atoms in total. The molecule has 2 heterocycles. The van der Waals surface area contributed by atoms with Gasteiger partial charge in [0.15, 0.2) is 6.49 Å². The summed E-state index contributed by atoms with van der Waals surface area (Å²) in [7, 11) is 0. The predicted molar refractivity (Wildman–Crippen MR) is 134 cm³/mol. The molecule has 0 bridgehead atoms. The van der Waals surface area contributed by atoms with E-state index in [2.05, 4.69) is 28.5 Å². The number of phenolic OH excluding ortho intramolecular Hbond substituents is 1. The van der Waals surface area contributed by atoms with E-state index in [1.807, 2.05) is 45.9 Å². The van der Waals surface area contributed by atoms with Crippen LogP contribution in [0.2, 0.25) is 0 Å². The van der Waals surface area contributed by atoms with Crippen molar-refractivity contribution in [3.8, 4) is 16.2 Å². The highest BCUT2D eigenvalue weighted by atomic mass is 32.5. The number of aromatic hydroxyl groups is 1. The molecule has 1 unspecified atom stereocenters. The minimum Gasteiger partial charge on any atom is -0.508 e. The van der Waals surface area contributed by atoms with Crippen molar-refractivity contribution < 1.29 is 14.2 Å². The average Bonchev–Trinajstić information content (AvgIpc) is 3.20. The lowest BCUT2D eigenvalue weighted by Crippen LogP contribution is -2.16. The maximum atomic E-state index is 9.59. The molecule has 1 atom stereocenters. The summed E-state index contributed by atoms with van der Waals surface area (Å²) in [6.45, 7) is 6.93. The van der Waals surface area contributed by atoms with Gasteiger partial charge in [-0.3, -0.25) is 4.98 Å². The summed E-state index contributed by atoms with van der Waals surface area (Å²) in [6.07, 6.45) is 0. The standard InChI is InChI=1S/C23H29N2O3PS2/c1-5-27-29(30,28-6-2)21(15-24-20-12-7-16(3)25-17(20)4)23-14-13-22(31-23)18-8-10-19(26)11-9-18/h7-14,21,24,26H,5-6,15H2,1-4H3. The first-order valence-electron chi connectivity index (χ1n) is 10.3. The summed E-state index contributed by atoms with van der Waals surface area (Å²) in [4.78, 5) is 6.79. The minimum absolute atomic E-state index is 0.0982. The van der Waals surface area contributed by atoms with E-state index in [-0.39, 0.29) is 11.4 Å². The van der Waals surface area contributed by atoms with Crippen LogP contribution >= 0.6 is 17.8 Å². The number of rotatable bonds is 10. The molecular formula is C23H29N2O3PS2. The topological polar surface area (TPSA) is 63.6 Å². The Balaban J connectivity index is 1.93. The summed E-state index contributed by atoms with van der Waals surface area (Å²) >= 11 is 7.68. The zero-order chi connectivity index (χ0) is 22.4. The van der Waals surface area contributed by atoms with Gasteiger partial charge in [-0.2, -0.15) is 0 Å². The second-order valence-electron chi connectivity index (χ2n) is 7.11. The predicted octanol–water partition coefficient (Wildman–Crippen LogP) is 6.67.